The van der Waals surface area contributed by atoms with Crippen molar-refractivity contribution in [3.05, 3.63) is 130 Å². The second-order valence-corrected chi connectivity index (χ2v) is 11.0. The molecule has 0 bridgehead atoms. The molecule has 0 spiro atoms. The first kappa shape index (κ1) is 25.6. The Kier molecular flexibility index (Phi) is 6.81. The predicted molar refractivity (Wildman–Crippen MR) is 161 cm³/mol. The Morgan fingerprint density at radius 1 is 0.732 bits per heavy atom. The van der Waals surface area contributed by atoms with E-state index in [0.717, 1.165) is 36.1 Å². The van der Waals surface area contributed by atoms with E-state index in [0.29, 0.717) is 28.2 Å². The van der Waals surface area contributed by atoms with E-state index in [4.69, 9.17) is 13.9 Å². The monoisotopic (exact) mass is 543 g/mol. The number of aryl methyl sites for hydroxylation is 1. The van der Waals surface area contributed by atoms with Crippen LogP contribution in [0.1, 0.15) is 42.4 Å². The van der Waals surface area contributed by atoms with Crippen LogP contribution in [0.2, 0.25) is 0 Å². The minimum Gasteiger partial charge on any atom is -0.452 e. The van der Waals surface area contributed by atoms with Crippen molar-refractivity contribution in [2.45, 2.75) is 37.9 Å². The SMILES string of the molecule is O=c1cc(-c2ccc(CCCN3CCCCC3)cc2)oc2c3c(ccc12)OC(c1ccccc1)(c1ccccc1)O3. The van der Waals surface area contributed by atoms with Crippen molar-refractivity contribution in [2.24, 2.45) is 0 Å². The standard InChI is InChI=1S/C36H33NO4/c38-31-25-33(27-18-16-26(17-19-27)11-10-24-37-22-8-3-9-23-37)39-34-30(31)20-21-32-35(34)41-36(40-32,28-12-4-1-5-13-28)29-14-6-2-7-15-29/h1-2,4-7,12-21,25H,3,8-11,22-24H2. The molecule has 2 aliphatic heterocycles. The highest BCUT2D eigenvalue weighted by molar-refractivity contribution is 5.87. The van der Waals surface area contributed by atoms with Gasteiger partial charge in [0.05, 0.1) is 5.39 Å². The molecule has 2 aliphatic rings. The highest BCUT2D eigenvalue weighted by Gasteiger charge is 2.46. The van der Waals surface area contributed by atoms with Crippen molar-refractivity contribution in [3.63, 3.8) is 0 Å². The minimum atomic E-state index is -1.19. The first-order valence-corrected chi connectivity index (χ1v) is 14.6. The lowest BCUT2D eigenvalue weighted by Gasteiger charge is -2.28. The third-order valence-corrected chi connectivity index (χ3v) is 8.25. The third-order valence-electron chi connectivity index (χ3n) is 8.25. The number of benzene rings is 4. The van der Waals surface area contributed by atoms with Gasteiger partial charge in [-0.2, -0.15) is 0 Å². The Labute approximate surface area is 240 Å². The summed E-state index contributed by atoms with van der Waals surface area (Å²) in [5.74, 6) is 0.290. The molecule has 0 unspecified atom stereocenters. The van der Waals surface area contributed by atoms with Gasteiger partial charge in [-0.3, -0.25) is 4.79 Å². The van der Waals surface area contributed by atoms with Gasteiger partial charge in [0, 0.05) is 22.8 Å². The summed E-state index contributed by atoms with van der Waals surface area (Å²) >= 11 is 0. The number of likely N-dealkylation sites (tertiary alicyclic amines) is 1. The average molecular weight is 544 g/mol. The van der Waals surface area contributed by atoms with Crippen LogP contribution < -0.4 is 14.9 Å². The Hall–Kier alpha value is -4.35. The number of hydrogen-bond acceptors (Lipinski definition) is 5. The van der Waals surface area contributed by atoms with Gasteiger partial charge in [-0.1, -0.05) is 91.3 Å². The van der Waals surface area contributed by atoms with Crippen LogP contribution in [0.3, 0.4) is 0 Å². The molecule has 0 N–H and O–H groups in total. The van der Waals surface area contributed by atoms with Gasteiger partial charge in [-0.25, -0.2) is 0 Å². The smallest absolute Gasteiger partial charge is 0.305 e. The van der Waals surface area contributed by atoms with Gasteiger partial charge in [0.25, 0.3) is 0 Å². The van der Waals surface area contributed by atoms with Crippen molar-refractivity contribution in [2.75, 3.05) is 19.6 Å². The van der Waals surface area contributed by atoms with Gasteiger partial charge >= 0.3 is 5.79 Å². The van der Waals surface area contributed by atoms with Gasteiger partial charge in [0.2, 0.25) is 5.75 Å². The molecule has 0 saturated carbocycles. The van der Waals surface area contributed by atoms with Crippen molar-refractivity contribution in [3.8, 4) is 22.8 Å². The summed E-state index contributed by atoms with van der Waals surface area (Å²) in [5, 5.41) is 0.461. The molecule has 5 nitrogen and oxygen atoms in total. The van der Waals surface area contributed by atoms with Gasteiger partial charge in [0.15, 0.2) is 16.8 Å². The predicted octanol–water partition coefficient (Wildman–Crippen LogP) is 7.55. The molecule has 4 aromatic carbocycles. The summed E-state index contributed by atoms with van der Waals surface area (Å²) in [6, 6.07) is 33.2. The van der Waals surface area contributed by atoms with E-state index in [1.165, 1.54) is 37.9 Å². The largest absolute Gasteiger partial charge is 0.452 e. The van der Waals surface area contributed by atoms with Crippen LogP contribution >= 0.6 is 0 Å². The van der Waals surface area contributed by atoms with E-state index in [1.54, 1.807) is 18.2 Å². The second kappa shape index (κ2) is 10.9. The Morgan fingerprint density at radius 3 is 2.10 bits per heavy atom. The molecule has 1 aromatic heterocycles. The van der Waals surface area contributed by atoms with E-state index in [9.17, 15) is 4.79 Å². The fourth-order valence-corrected chi connectivity index (χ4v) is 6.06. The van der Waals surface area contributed by atoms with Gasteiger partial charge in [0.1, 0.15) is 5.76 Å². The molecule has 5 aromatic rings. The summed E-state index contributed by atoms with van der Waals surface area (Å²) in [4.78, 5) is 15.9. The van der Waals surface area contributed by atoms with E-state index >= 15 is 0 Å². The zero-order chi connectivity index (χ0) is 27.6. The van der Waals surface area contributed by atoms with Crippen molar-refractivity contribution in [1.82, 2.24) is 4.90 Å². The number of rotatable bonds is 7. The molecule has 0 aliphatic carbocycles. The van der Waals surface area contributed by atoms with E-state index in [-0.39, 0.29) is 5.43 Å². The molecule has 3 heterocycles. The summed E-state index contributed by atoms with van der Waals surface area (Å²) in [6.45, 7) is 3.62. The topological polar surface area (TPSA) is 51.9 Å². The zero-order valence-electron chi connectivity index (χ0n) is 23.1. The molecule has 7 rings (SSSR count). The van der Waals surface area contributed by atoms with Crippen LogP contribution in [-0.2, 0) is 12.2 Å². The van der Waals surface area contributed by atoms with E-state index < -0.39 is 5.79 Å². The number of hydrogen-bond donors (Lipinski definition) is 0. The van der Waals surface area contributed by atoms with Crippen molar-refractivity contribution >= 4 is 11.0 Å². The minimum absolute atomic E-state index is 0.116. The fraction of sp³-hybridized carbons (Fsp3) is 0.250. The van der Waals surface area contributed by atoms with Gasteiger partial charge < -0.3 is 18.8 Å². The Bertz CT molecular complexity index is 1670. The van der Waals surface area contributed by atoms with Crippen molar-refractivity contribution in [1.29, 1.82) is 0 Å². The van der Waals surface area contributed by atoms with E-state index in [1.807, 2.05) is 72.8 Å². The third kappa shape index (κ3) is 4.91. The quantitative estimate of drug-likeness (QED) is 0.212. The van der Waals surface area contributed by atoms with Crippen LogP contribution in [0.5, 0.6) is 11.5 Å². The molecule has 0 atom stereocenters. The van der Waals surface area contributed by atoms with Crippen molar-refractivity contribution < 1.29 is 13.9 Å². The number of piperidine rings is 1. The highest BCUT2D eigenvalue weighted by atomic mass is 16.7. The molecule has 41 heavy (non-hydrogen) atoms. The van der Waals surface area contributed by atoms with Crippen LogP contribution in [0.4, 0.5) is 0 Å². The lowest BCUT2D eigenvalue weighted by atomic mass is 9.97. The number of fused-ring (bicyclic) bond motifs is 3. The Balaban J connectivity index is 1.20. The summed E-state index contributed by atoms with van der Waals surface area (Å²) in [7, 11) is 0. The molecule has 206 valence electrons. The first-order chi connectivity index (χ1) is 20.2. The van der Waals surface area contributed by atoms with Crippen LogP contribution in [0.25, 0.3) is 22.3 Å². The summed E-state index contributed by atoms with van der Waals surface area (Å²) < 4.78 is 19.7. The molecule has 0 radical (unpaired) electrons. The van der Waals surface area contributed by atoms with Crippen LogP contribution in [-0.4, -0.2) is 24.5 Å². The van der Waals surface area contributed by atoms with E-state index in [2.05, 4.69) is 17.0 Å². The summed E-state index contributed by atoms with van der Waals surface area (Å²) in [5.41, 5.74) is 4.13. The molecular formula is C36H33NO4. The molecule has 0 amide bonds. The fourth-order valence-electron chi connectivity index (χ4n) is 6.06. The molecule has 1 fully saturated rings. The zero-order valence-corrected chi connectivity index (χ0v) is 23.1. The maximum Gasteiger partial charge on any atom is 0.305 e. The number of ether oxygens (including phenoxy) is 2. The molecular weight excluding hydrogens is 510 g/mol. The van der Waals surface area contributed by atoms with Gasteiger partial charge in [-0.15, -0.1) is 0 Å². The number of nitrogens with zero attached hydrogens (tertiary/aromatic N) is 1. The lowest BCUT2D eigenvalue weighted by molar-refractivity contribution is -0.0456. The van der Waals surface area contributed by atoms with Crippen LogP contribution in [0.15, 0.2) is 112 Å². The summed E-state index contributed by atoms with van der Waals surface area (Å²) in [6.07, 6.45) is 6.21. The highest BCUT2D eigenvalue weighted by Crippen LogP contribution is 2.50. The second-order valence-electron chi connectivity index (χ2n) is 11.0. The van der Waals surface area contributed by atoms with Gasteiger partial charge in [-0.05, 0) is 63.0 Å². The van der Waals surface area contributed by atoms with Crippen LogP contribution in [0, 0.1) is 0 Å². The normalized spacial score (nSPS) is 16.2. The average Bonchev–Trinajstić information content (AvgIpc) is 3.45. The Morgan fingerprint density at radius 2 is 1.41 bits per heavy atom. The maximum absolute atomic E-state index is 13.3. The first-order valence-electron chi connectivity index (χ1n) is 14.6. The molecule has 5 heteroatoms. The maximum atomic E-state index is 13.3. The molecule has 1 saturated heterocycles. The lowest BCUT2D eigenvalue weighted by Crippen LogP contribution is -2.36.